The van der Waals surface area contributed by atoms with E-state index in [1.807, 2.05) is 62.4 Å². The van der Waals surface area contributed by atoms with Crippen molar-refractivity contribution >= 4 is 21.1 Å². The van der Waals surface area contributed by atoms with Crippen molar-refractivity contribution in [3.05, 3.63) is 83.9 Å². The van der Waals surface area contributed by atoms with Crippen molar-refractivity contribution in [2.45, 2.75) is 18.7 Å². The molecule has 5 heteroatoms. The molecule has 0 saturated carbocycles. The highest BCUT2D eigenvalue weighted by Crippen LogP contribution is 2.30. The van der Waals surface area contributed by atoms with Gasteiger partial charge in [-0.05, 0) is 43.7 Å². The molecule has 26 heavy (non-hydrogen) atoms. The molecular weight excluding hydrogens is 344 g/mol. The van der Waals surface area contributed by atoms with Gasteiger partial charge in [-0.1, -0.05) is 54.1 Å². The van der Waals surface area contributed by atoms with Crippen molar-refractivity contribution in [2.75, 3.05) is 0 Å². The average Bonchev–Trinajstić information content (AvgIpc) is 3.02. The maximum Gasteiger partial charge on any atom is 0.269 e. The molecule has 0 amide bonds. The molecule has 0 radical (unpaired) electrons. The van der Waals surface area contributed by atoms with Crippen molar-refractivity contribution in [3.8, 4) is 11.4 Å². The maximum atomic E-state index is 13.4. The molecule has 0 atom stereocenters. The largest absolute Gasteiger partial charge is 0.269 e. The molecule has 0 aliphatic heterocycles. The van der Waals surface area contributed by atoms with Gasteiger partial charge in [-0.2, -0.15) is 0 Å². The summed E-state index contributed by atoms with van der Waals surface area (Å²) in [5, 5.41) is 0. The number of aromatic nitrogens is 2. The van der Waals surface area contributed by atoms with Gasteiger partial charge >= 0.3 is 0 Å². The maximum absolute atomic E-state index is 13.4. The van der Waals surface area contributed by atoms with E-state index in [2.05, 4.69) is 4.98 Å². The zero-order valence-electron chi connectivity index (χ0n) is 14.5. The Morgan fingerprint density at radius 1 is 0.808 bits per heavy atom. The lowest BCUT2D eigenvalue weighted by molar-refractivity contribution is 0.589. The number of aryl methyl sites for hydroxylation is 2. The molecule has 130 valence electrons. The Morgan fingerprint density at radius 2 is 1.46 bits per heavy atom. The highest BCUT2D eigenvalue weighted by atomic mass is 32.2. The molecule has 4 nitrogen and oxygen atoms in total. The number of benzene rings is 3. The minimum absolute atomic E-state index is 0.251. The zero-order chi connectivity index (χ0) is 18.3. The van der Waals surface area contributed by atoms with Gasteiger partial charge in [0.1, 0.15) is 0 Å². The summed E-state index contributed by atoms with van der Waals surface area (Å²) in [5.74, 6) is 0.423. The van der Waals surface area contributed by atoms with Crippen molar-refractivity contribution in [2.24, 2.45) is 0 Å². The van der Waals surface area contributed by atoms with Crippen molar-refractivity contribution in [1.82, 2.24) is 8.96 Å². The Labute approximate surface area is 152 Å². The number of rotatable bonds is 3. The Balaban J connectivity index is 2.07. The first-order valence-corrected chi connectivity index (χ1v) is 9.77. The molecule has 0 saturated heterocycles. The third-order valence-corrected chi connectivity index (χ3v) is 6.08. The van der Waals surface area contributed by atoms with E-state index in [0.29, 0.717) is 16.9 Å². The van der Waals surface area contributed by atoms with Gasteiger partial charge < -0.3 is 0 Å². The number of imidazole rings is 1. The quantitative estimate of drug-likeness (QED) is 0.537. The fourth-order valence-electron chi connectivity index (χ4n) is 2.99. The summed E-state index contributed by atoms with van der Waals surface area (Å²) in [7, 11) is -3.78. The molecule has 4 aromatic rings. The van der Waals surface area contributed by atoms with Crippen LogP contribution in [-0.4, -0.2) is 17.4 Å². The monoisotopic (exact) mass is 362 g/mol. The average molecular weight is 362 g/mol. The van der Waals surface area contributed by atoms with Gasteiger partial charge in [-0.3, -0.25) is 0 Å². The first kappa shape index (κ1) is 16.5. The lowest BCUT2D eigenvalue weighted by atomic mass is 10.2. The van der Waals surface area contributed by atoms with Crippen molar-refractivity contribution in [1.29, 1.82) is 0 Å². The number of hydrogen-bond acceptors (Lipinski definition) is 3. The molecule has 0 fully saturated rings. The number of fused-ring (bicyclic) bond motifs is 1. The van der Waals surface area contributed by atoms with Gasteiger partial charge in [0.15, 0.2) is 5.82 Å². The molecular formula is C21H18N2O2S. The molecule has 0 aliphatic carbocycles. The van der Waals surface area contributed by atoms with Gasteiger partial charge in [0.25, 0.3) is 10.0 Å². The van der Waals surface area contributed by atoms with Crippen molar-refractivity contribution < 1.29 is 8.42 Å². The predicted molar refractivity (Wildman–Crippen MR) is 104 cm³/mol. The first-order chi connectivity index (χ1) is 12.5. The molecule has 3 aromatic carbocycles. The lowest BCUT2D eigenvalue weighted by Gasteiger charge is -2.11. The van der Waals surface area contributed by atoms with E-state index in [0.717, 1.165) is 16.7 Å². The van der Waals surface area contributed by atoms with Crippen LogP contribution in [-0.2, 0) is 10.0 Å². The van der Waals surface area contributed by atoms with E-state index in [-0.39, 0.29) is 4.90 Å². The Bertz CT molecular complexity index is 1190. The second kappa shape index (κ2) is 6.11. The van der Waals surface area contributed by atoms with E-state index >= 15 is 0 Å². The molecule has 0 N–H and O–H groups in total. The summed E-state index contributed by atoms with van der Waals surface area (Å²) in [5.41, 5.74) is 4.00. The minimum Gasteiger partial charge on any atom is -0.227 e. The third kappa shape index (κ3) is 2.70. The van der Waals surface area contributed by atoms with Gasteiger partial charge in [-0.15, -0.1) is 0 Å². The molecule has 4 rings (SSSR count). The van der Waals surface area contributed by atoms with Gasteiger partial charge in [0, 0.05) is 5.56 Å². The van der Waals surface area contributed by atoms with Gasteiger partial charge in [-0.25, -0.2) is 17.4 Å². The summed E-state index contributed by atoms with van der Waals surface area (Å²) in [6.07, 6.45) is 0. The third-order valence-electron chi connectivity index (χ3n) is 4.36. The van der Waals surface area contributed by atoms with Crippen LogP contribution >= 0.6 is 0 Å². The molecule has 0 aliphatic rings. The molecule has 1 heterocycles. The van der Waals surface area contributed by atoms with Crippen LogP contribution in [0.2, 0.25) is 0 Å². The summed E-state index contributed by atoms with van der Waals surface area (Å²) in [6.45, 7) is 3.87. The summed E-state index contributed by atoms with van der Waals surface area (Å²) >= 11 is 0. The van der Waals surface area contributed by atoms with Crippen LogP contribution in [0, 0.1) is 13.8 Å². The fourth-order valence-corrected chi connectivity index (χ4v) is 4.46. The second-order valence-corrected chi connectivity index (χ2v) is 8.16. The summed E-state index contributed by atoms with van der Waals surface area (Å²) in [6, 6.07) is 21.9. The topological polar surface area (TPSA) is 52.0 Å². The molecule has 0 bridgehead atoms. The normalized spacial score (nSPS) is 11.8. The lowest BCUT2D eigenvalue weighted by Crippen LogP contribution is -2.14. The Kier molecular flexibility index (Phi) is 3.89. The SMILES string of the molecule is Cc1ccc(S(=O)(=O)n2c(-c3ccccc3)nc3ccc(C)cc32)cc1. The first-order valence-electron chi connectivity index (χ1n) is 8.33. The van der Waals surface area contributed by atoms with Crippen LogP contribution in [0.3, 0.4) is 0 Å². The van der Waals surface area contributed by atoms with Gasteiger partial charge in [0.2, 0.25) is 0 Å². The van der Waals surface area contributed by atoms with Crippen LogP contribution in [0.4, 0.5) is 0 Å². The van der Waals surface area contributed by atoms with E-state index in [4.69, 9.17) is 0 Å². The predicted octanol–water partition coefficient (Wildman–Crippen LogP) is 4.56. The Morgan fingerprint density at radius 3 is 2.15 bits per heavy atom. The van der Waals surface area contributed by atoms with Crippen LogP contribution in [0.5, 0.6) is 0 Å². The second-order valence-electron chi connectivity index (χ2n) is 6.38. The van der Waals surface area contributed by atoms with E-state index in [9.17, 15) is 8.42 Å². The van der Waals surface area contributed by atoms with E-state index in [1.165, 1.54) is 3.97 Å². The summed E-state index contributed by atoms with van der Waals surface area (Å²) in [4.78, 5) is 4.87. The molecule has 0 spiro atoms. The summed E-state index contributed by atoms with van der Waals surface area (Å²) < 4.78 is 28.3. The van der Waals surface area contributed by atoms with E-state index < -0.39 is 10.0 Å². The van der Waals surface area contributed by atoms with E-state index in [1.54, 1.807) is 24.3 Å². The smallest absolute Gasteiger partial charge is 0.227 e. The fraction of sp³-hybridized carbons (Fsp3) is 0.0952. The number of hydrogen-bond donors (Lipinski definition) is 0. The van der Waals surface area contributed by atoms with Crippen LogP contribution in [0.15, 0.2) is 77.7 Å². The van der Waals surface area contributed by atoms with Crippen LogP contribution in [0.25, 0.3) is 22.4 Å². The molecule has 0 unspecified atom stereocenters. The highest BCUT2D eigenvalue weighted by molar-refractivity contribution is 7.90. The number of nitrogens with zero attached hydrogens (tertiary/aromatic N) is 2. The minimum atomic E-state index is -3.78. The highest BCUT2D eigenvalue weighted by Gasteiger charge is 2.25. The molecule has 1 aromatic heterocycles. The van der Waals surface area contributed by atoms with Crippen LogP contribution in [0.1, 0.15) is 11.1 Å². The van der Waals surface area contributed by atoms with Crippen LogP contribution < -0.4 is 0 Å². The standard InChI is InChI=1S/C21H18N2O2S/c1-15-8-11-18(12-9-15)26(24,25)23-20-14-16(2)10-13-19(20)22-21(23)17-6-4-3-5-7-17/h3-14H,1-2H3. The zero-order valence-corrected chi connectivity index (χ0v) is 15.4. The Hall–Kier alpha value is -2.92. The van der Waals surface area contributed by atoms with Crippen molar-refractivity contribution in [3.63, 3.8) is 0 Å². The van der Waals surface area contributed by atoms with Gasteiger partial charge in [0.05, 0.1) is 15.9 Å².